The normalized spacial score (nSPS) is 10.4. The number of anilines is 1. The maximum absolute atomic E-state index is 13.0. The van der Waals surface area contributed by atoms with E-state index in [1.807, 2.05) is 25.1 Å². The van der Waals surface area contributed by atoms with Crippen molar-refractivity contribution < 1.29 is 13.6 Å². The average molecular weight is 290 g/mol. The molecule has 2 aromatic carbocycles. The molecule has 0 fully saturated rings. The maximum Gasteiger partial charge on any atom is 0.238 e. The van der Waals surface area contributed by atoms with Gasteiger partial charge in [0.15, 0.2) is 11.6 Å². The van der Waals surface area contributed by atoms with Crippen LogP contribution in [0.2, 0.25) is 0 Å². The van der Waals surface area contributed by atoms with Crippen LogP contribution >= 0.6 is 0 Å². The second kappa shape index (κ2) is 6.95. The molecule has 0 radical (unpaired) electrons. The molecule has 2 N–H and O–H groups in total. The molecule has 2 rings (SSSR count). The van der Waals surface area contributed by atoms with Crippen molar-refractivity contribution in [2.24, 2.45) is 0 Å². The first kappa shape index (κ1) is 15.1. The van der Waals surface area contributed by atoms with Gasteiger partial charge in [-0.3, -0.25) is 4.79 Å². The smallest absolute Gasteiger partial charge is 0.238 e. The zero-order valence-electron chi connectivity index (χ0n) is 11.6. The van der Waals surface area contributed by atoms with Crippen LogP contribution in [0, 0.1) is 18.6 Å². The molecule has 0 aromatic heterocycles. The van der Waals surface area contributed by atoms with E-state index in [-0.39, 0.29) is 12.5 Å². The van der Waals surface area contributed by atoms with Crippen LogP contribution < -0.4 is 10.6 Å². The van der Waals surface area contributed by atoms with Crippen molar-refractivity contribution in [3.63, 3.8) is 0 Å². The molecule has 21 heavy (non-hydrogen) atoms. The van der Waals surface area contributed by atoms with Crippen LogP contribution in [0.1, 0.15) is 11.1 Å². The van der Waals surface area contributed by atoms with E-state index in [2.05, 4.69) is 10.6 Å². The zero-order valence-corrected chi connectivity index (χ0v) is 11.6. The molecule has 5 heteroatoms. The molecule has 0 spiro atoms. The Morgan fingerprint density at radius 2 is 1.90 bits per heavy atom. The summed E-state index contributed by atoms with van der Waals surface area (Å²) >= 11 is 0. The summed E-state index contributed by atoms with van der Waals surface area (Å²) in [6, 6.07) is 11.1. The first-order chi connectivity index (χ1) is 10.0. The first-order valence-electron chi connectivity index (χ1n) is 6.56. The van der Waals surface area contributed by atoms with E-state index in [0.717, 1.165) is 23.4 Å². The SMILES string of the molecule is Cc1cccc(NC(=O)CNCc2ccc(F)c(F)c2)c1. The van der Waals surface area contributed by atoms with Crippen molar-refractivity contribution in [3.05, 3.63) is 65.2 Å². The lowest BCUT2D eigenvalue weighted by molar-refractivity contribution is -0.115. The number of hydrogen-bond donors (Lipinski definition) is 2. The van der Waals surface area contributed by atoms with Gasteiger partial charge in [-0.25, -0.2) is 8.78 Å². The molecule has 0 atom stereocenters. The average Bonchev–Trinajstić information content (AvgIpc) is 2.43. The summed E-state index contributed by atoms with van der Waals surface area (Å²) in [7, 11) is 0. The van der Waals surface area contributed by atoms with Gasteiger partial charge in [0.05, 0.1) is 6.54 Å². The second-order valence-corrected chi connectivity index (χ2v) is 4.77. The molecule has 3 nitrogen and oxygen atoms in total. The van der Waals surface area contributed by atoms with E-state index in [1.165, 1.54) is 6.07 Å². The third-order valence-electron chi connectivity index (χ3n) is 2.90. The van der Waals surface area contributed by atoms with Crippen LogP contribution in [-0.2, 0) is 11.3 Å². The Hall–Kier alpha value is -2.27. The molecule has 110 valence electrons. The number of halogens is 2. The zero-order chi connectivity index (χ0) is 15.2. The molecule has 0 saturated carbocycles. The number of amides is 1. The standard InChI is InChI=1S/C16H16F2N2O/c1-11-3-2-4-13(7-11)20-16(21)10-19-9-12-5-6-14(17)15(18)8-12/h2-8,19H,9-10H2,1H3,(H,20,21). The first-order valence-corrected chi connectivity index (χ1v) is 6.56. The summed E-state index contributed by atoms with van der Waals surface area (Å²) in [5.41, 5.74) is 2.37. The predicted molar refractivity (Wildman–Crippen MR) is 77.9 cm³/mol. The van der Waals surface area contributed by atoms with E-state index >= 15 is 0 Å². The Balaban J connectivity index is 1.80. The van der Waals surface area contributed by atoms with E-state index in [1.54, 1.807) is 6.07 Å². The number of carbonyl (C=O) groups is 1. The highest BCUT2D eigenvalue weighted by molar-refractivity contribution is 5.92. The van der Waals surface area contributed by atoms with Crippen LogP contribution in [0.5, 0.6) is 0 Å². The largest absolute Gasteiger partial charge is 0.325 e. The van der Waals surface area contributed by atoms with Gasteiger partial charge in [-0.05, 0) is 42.3 Å². The summed E-state index contributed by atoms with van der Waals surface area (Å²) in [4.78, 5) is 11.7. The van der Waals surface area contributed by atoms with Crippen molar-refractivity contribution in [2.75, 3.05) is 11.9 Å². The van der Waals surface area contributed by atoms with Gasteiger partial charge in [-0.1, -0.05) is 18.2 Å². The van der Waals surface area contributed by atoms with Gasteiger partial charge in [-0.15, -0.1) is 0 Å². The Labute approximate surface area is 122 Å². The quantitative estimate of drug-likeness (QED) is 0.889. The van der Waals surface area contributed by atoms with E-state index in [9.17, 15) is 13.6 Å². The Kier molecular flexibility index (Phi) is 5.00. The molecule has 0 aliphatic carbocycles. The minimum absolute atomic E-state index is 0.0902. The van der Waals surface area contributed by atoms with Crippen LogP contribution in [0.25, 0.3) is 0 Å². The summed E-state index contributed by atoms with van der Waals surface area (Å²) in [5, 5.41) is 5.64. The van der Waals surface area contributed by atoms with Crippen LogP contribution in [0.3, 0.4) is 0 Å². The molecule has 2 aromatic rings. The fourth-order valence-corrected chi connectivity index (χ4v) is 1.90. The second-order valence-electron chi connectivity index (χ2n) is 4.77. The molecule has 0 bridgehead atoms. The van der Waals surface area contributed by atoms with Gasteiger partial charge >= 0.3 is 0 Å². The molecule has 0 unspecified atom stereocenters. The minimum atomic E-state index is -0.890. The topological polar surface area (TPSA) is 41.1 Å². The van der Waals surface area contributed by atoms with Gasteiger partial charge in [0.2, 0.25) is 5.91 Å². The maximum atomic E-state index is 13.0. The lowest BCUT2D eigenvalue weighted by atomic mass is 10.2. The van der Waals surface area contributed by atoms with Crippen molar-refractivity contribution in [1.29, 1.82) is 0 Å². The highest BCUT2D eigenvalue weighted by atomic mass is 19.2. The predicted octanol–water partition coefficient (Wildman–Crippen LogP) is 3.00. The fourth-order valence-electron chi connectivity index (χ4n) is 1.90. The molecule has 0 aliphatic rings. The molecule has 0 heterocycles. The monoisotopic (exact) mass is 290 g/mol. The van der Waals surface area contributed by atoms with Gasteiger partial charge in [0, 0.05) is 12.2 Å². The Bertz CT molecular complexity index is 644. The number of hydrogen-bond acceptors (Lipinski definition) is 2. The fraction of sp³-hybridized carbons (Fsp3) is 0.188. The molecule has 1 amide bonds. The molecular formula is C16H16F2N2O. The lowest BCUT2D eigenvalue weighted by Crippen LogP contribution is -2.27. The van der Waals surface area contributed by atoms with Crippen LogP contribution in [0.4, 0.5) is 14.5 Å². The summed E-state index contributed by atoms with van der Waals surface area (Å²) in [6.07, 6.45) is 0. The van der Waals surface area contributed by atoms with Crippen LogP contribution in [-0.4, -0.2) is 12.5 Å². The van der Waals surface area contributed by atoms with E-state index in [0.29, 0.717) is 12.1 Å². The van der Waals surface area contributed by atoms with Crippen molar-refractivity contribution in [2.45, 2.75) is 13.5 Å². The Morgan fingerprint density at radius 3 is 2.62 bits per heavy atom. The lowest BCUT2D eigenvalue weighted by Gasteiger charge is -2.07. The molecular weight excluding hydrogens is 274 g/mol. The molecule has 0 saturated heterocycles. The number of carbonyl (C=O) groups excluding carboxylic acids is 1. The minimum Gasteiger partial charge on any atom is -0.325 e. The van der Waals surface area contributed by atoms with Crippen molar-refractivity contribution in [3.8, 4) is 0 Å². The third kappa shape index (κ3) is 4.65. The highest BCUT2D eigenvalue weighted by Crippen LogP contribution is 2.10. The molecule has 0 aliphatic heterocycles. The number of rotatable bonds is 5. The number of benzene rings is 2. The van der Waals surface area contributed by atoms with Crippen LogP contribution in [0.15, 0.2) is 42.5 Å². The van der Waals surface area contributed by atoms with Gasteiger partial charge in [0.1, 0.15) is 0 Å². The van der Waals surface area contributed by atoms with E-state index in [4.69, 9.17) is 0 Å². The highest BCUT2D eigenvalue weighted by Gasteiger charge is 2.04. The van der Waals surface area contributed by atoms with E-state index < -0.39 is 11.6 Å². The van der Waals surface area contributed by atoms with Crippen molar-refractivity contribution in [1.82, 2.24) is 5.32 Å². The van der Waals surface area contributed by atoms with Gasteiger partial charge < -0.3 is 10.6 Å². The summed E-state index contributed by atoms with van der Waals surface area (Å²) in [6.45, 7) is 2.32. The number of nitrogens with one attached hydrogen (secondary N) is 2. The number of aryl methyl sites for hydroxylation is 1. The summed E-state index contributed by atoms with van der Waals surface area (Å²) < 4.78 is 25.8. The van der Waals surface area contributed by atoms with Gasteiger partial charge in [0.25, 0.3) is 0 Å². The van der Waals surface area contributed by atoms with Gasteiger partial charge in [-0.2, -0.15) is 0 Å². The third-order valence-corrected chi connectivity index (χ3v) is 2.90. The Morgan fingerprint density at radius 1 is 1.10 bits per heavy atom. The van der Waals surface area contributed by atoms with Crippen molar-refractivity contribution >= 4 is 11.6 Å². The summed E-state index contributed by atoms with van der Waals surface area (Å²) in [5.74, 6) is -1.96.